The third-order valence-electron chi connectivity index (χ3n) is 2.88. The van der Waals surface area contributed by atoms with Gasteiger partial charge in [-0.1, -0.05) is 6.07 Å². The third kappa shape index (κ3) is 2.66. The monoisotopic (exact) mass is 383 g/mol. The van der Waals surface area contributed by atoms with Crippen molar-refractivity contribution in [1.29, 1.82) is 0 Å². The molecule has 0 radical (unpaired) electrons. The van der Waals surface area contributed by atoms with E-state index in [1.165, 1.54) is 4.90 Å². The molecule has 1 aliphatic rings. The molecule has 0 N–H and O–H groups in total. The van der Waals surface area contributed by atoms with Gasteiger partial charge in [-0.15, -0.1) is 3.89 Å². The zero-order valence-corrected chi connectivity index (χ0v) is 12.5. The number of anilines is 1. The summed E-state index contributed by atoms with van der Waals surface area (Å²) in [5.74, 6) is -0.357. The smallest absolute Gasteiger partial charge is 0.307 e. The Morgan fingerprint density at radius 3 is 2.67 bits per heavy atom. The summed E-state index contributed by atoms with van der Waals surface area (Å²) < 4.78 is 35.5. The van der Waals surface area contributed by atoms with Crippen LogP contribution in [0.25, 0.3) is 0 Å². The van der Waals surface area contributed by atoms with Crippen molar-refractivity contribution >= 4 is 44.4 Å². The van der Waals surface area contributed by atoms with Crippen LogP contribution in [0.15, 0.2) is 18.2 Å². The molecule has 1 aromatic carbocycles. The van der Waals surface area contributed by atoms with Crippen LogP contribution in [0.1, 0.15) is 12.0 Å². The van der Waals surface area contributed by atoms with Crippen LogP contribution in [0, 0.1) is 10.5 Å². The van der Waals surface area contributed by atoms with Gasteiger partial charge in [0.1, 0.15) is 5.25 Å². The van der Waals surface area contributed by atoms with Gasteiger partial charge in [0.25, 0.3) is 0 Å². The Balaban J connectivity index is 2.35. The van der Waals surface area contributed by atoms with Crippen LogP contribution in [0.5, 0.6) is 0 Å². The molecule has 7 heteroatoms. The van der Waals surface area contributed by atoms with Crippen molar-refractivity contribution in [2.75, 3.05) is 11.4 Å². The van der Waals surface area contributed by atoms with Crippen LogP contribution >= 0.6 is 22.6 Å². The Kier molecular flexibility index (Phi) is 3.63. The zero-order valence-electron chi connectivity index (χ0n) is 9.56. The van der Waals surface area contributed by atoms with E-state index in [0.29, 0.717) is 5.69 Å². The van der Waals surface area contributed by atoms with Crippen LogP contribution in [0.2, 0.25) is 0 Å². The number of halogens is 2. The lowest BCUT2D eigenvalue weighted by Crippen LogP contribution is -2.27. The second-order valence-electron chi connectivity index (χ2n) is 4.26. The average Bonchev–Trinajstić information content (AvgIpc) is 2.64. The lowest BCUT2D eigenvalue weighted by atomic mass is 10.2. The number of amides is 1. The Labute approximate surface area is 119 Å². The first-order valence-corrected chi connectivity index (χ1v) is 7.81. The van der Waals surface area contributed by atoms with Crippen molar-refractivity contribution in [3.8, 4) is 0 Å². The minimum Gasteiger partial charge on any atom is -0.310 e. The number of carbonyl (C=O) groups excluding carboxylic acids is 1. The molecule has 98 valence electrons. The largest absolute Gasteiger partial charge is 0.310 e. The number of nitrogens with zero attached hydrogens (tertiary/aromatic N) is 1. The average molecular weight is 383 g/mol. The minimum atomic E-state index is -4.66. The van der Waals surface area contributed by atoms with E-state index in [2.05, 4.69) is 22.6 Å². The maximum atomic E-state index is 12.9. The second-order valence-corrected chi connectivity index (χ2v) is 7.04. The fourth-order valence-electron chi connectivity index (χ4n) is 1.93. The van der Waals surface area contributed by atoms with E-state index < -0.39 is 15.5 Å². The minimum absolute atomic E-state index is 0.114. The summed E-state index contributed by atoms with van der Waals surface area (Å²) >= 11 is 2.07. The fraction of sp³-hybridized carbons (Fsp3) is 0.364. The van der Waals surface area contributed by atoms with Crippen molar-refractivity contribution < 1.29 is 17.1 Å². The van der Waals surface area contributed by atoms with Gasteiger partial charge in [0.2, 0.25) is 5.91 Å². The van der Waals surface area contributed by atoms with E-state index in [1.807, 2.05) is 19.1 Å². The van der Waals surface area contributed by atoms with Crippen LogP contribution in [0.4, 0.5) is 9.57 Å². The Morgan fingerprint density at radius 1 is 1.44 bits per heavy atom. The van der Waals surface area contributed by atoms with Crippen molar-refractivity contribution in [2.24, 2.45) is 0 Å². The predicted octanol–water partition coefficient (Wildman–Crippen LogP) is 2.00. The molecular formula is C11H11FINO3S. The Bertz CT molecular complexity index is 602. The van der Waals surface area contributed by atoms with Gasteiger partial charge in [0.15, 0.2) is 0 Å². The fourth-order valence-corrected chi connectivity index (χ4v) is 3.22. The molecule has 1 fully saturated rings. The van der Waals surface area contributed by atoms with Crippen LogP contribution in [-0.4, -0.2) is 26.1 Å². The van der Waals surface area contributed by atoms with Crippen LogP contribution in [-0.2, 0) is 15.0 Å². The molecule has 0 bridgehead atoms. The molecule has 0 spiro atoms. The molecule has 0 saturated carbocycles. The van der Waals surface area contributed by atoms with Gasteiger partial charge in [-0.2, -0.15) is 8.42 Å². The summed E-state index contributed by atoms with van der Waals surface area (Å²) in [5.41, 5.74) is 1.61. The highest BCUT2D eigenvalue weighted by Gasteiger charge is 2.39. The van der Waals surface area contributed by atoms with Gasteiger partial charge in [0.05, 0.1) is 5.69 Å². The molecule has 1 saturated heterocycles. The first-order chi connectivity index (χ1) is 8.29. The Hall–Kier alpha value is -0.700. The topological polar surface area (TPSA) is 54.5 Å². The molecular weight excluding hydrogens is 372 g/mol. The van der Waals surface area contributed by atoms with Crippen LogP contribution in [0.3, 0.4) is 0 Å². The summed E-state index contributed by atoms with van der Waals surface area (Å²) in [5, 5.41) is -1.25. The van der Waals surface area contributed by atoms with E-state index in [4.69, 9.17) is 0 Å². The lowest BCUT2D eigenvalue weighted by Gasteiger charge is -2.18. The summed E-state index contributed by atoms with van der Waals surface area (Å²) in [6.07, 6.45) is -0.289. The number of carbonyl (C=O) groups is 1. The van der Waals surface area contributed by atoms with Gasteiger partial charge in [-0.3, -0.25) is 4.79 Å². The predicted molar refractivity (Wildman–Crippen MR) is 74.7 cm³/mol. The molecule has 0 aromatic heterocycles. The first kappa shape index (κ1) is 13.7. The van der Waals surface area contributed by atoms with Gasteiger partial charge < -0.3 is 4.90 Å². The highest BCUT2D eigenvalue weighted by Crippen LogP contribution is 2.30. The number of rotatable bonds is 2. The molecule has 0 aliphatic carbocycles. The van der Waals surface area contributed by atoms with Crippen molar-refractivity contribution in [1.82, 2.24) is 0 Å². The third-order valence-corrected chi connectivity index (χ3v) is 4.90. The molecule has 1 unspecified atom stereocenters. The maximum absolute atomic E-state index is 12.9. The SMILES string of the molecule is Cc1ccc(I)c(N2CC(S(=O)(=O)F)CC2=O)c1. The zero-order chi connectivity index (χ0) is 13.5. The van der Waals surface area contributed by atoms with Crippen molar-refractivity contribution in [2.45, 2.75) is 18.6 Å². The molecule has 18 heavy (non-hydrogen) atoms. The molecule has 1 amide bonds. The van der Waals surface area contributed by atoms with E-state index in [9.17, 15) is 17.1 Å². The quantitative estimate of drug-likeness (QED) is 0.580. The highest BCUT2D eigenvalue weighted by atomic mass is 127. The number of hydrogen-bond donors (Lipinski definition) is 0. The molecule has 1 heterocycles. The lowest BCUT2D eigenvalue weighted by molar-refractivity contribution is -0.117. The number of hydrogen-bond acceptors (Lipinski definition) is 3. The normalized spacial score (nSPS) is 20.5. The van der Waals surface area contributed by atoms with Crippen molar-refractivity contribution in [3.05, 3.63) is 27.3 Å². The number of benzene rings is 1. The molecule has 4 nitrogen and oxygen atoms in total. The van der Waals surface area contributed by atoms with Gasteiger partial charge in [0, 0.05) is 16.5 Å². The van der Waals surface area contributed by atoms with E-state index in [1.54, 1.807) is 6.07 Å². The van der Waals surface area contributed by atoms with E-state index >= 15 is 0 Å². The maximum Gasteiger partial charge on any atom is 0.307 e. The van der Waals surface area contributed by atoms with Crippen molar-refractivity contribution in [3.63, 3.8) is 0 Å². The van der Waals surface area contributed by atoms with E-state index in [-0.39, 0.29) is 18.9 Å². The Morgan fingerprint density at radius 2 is 2.11 bits per heavy atom. The van der Waals surface area contributed by atoms with E-state index in [0.717, 1.165) is 9.13 Å². The molecule has 1 aromatic rings. The standard InChI is InChI=1S/C11H11FINO3S/c1-7-2-3-9(13)10(4-7)14-6-8(5-11(14)15)18(12,16)17/h2-4,8H,5-6H2,1H3. The number of aryl methyl sites for hydroxylation is 1. The summed E-state index contributed by atoms with van der Waals surface area (Å²) in [4.78, 5) is 13.1. The highest BCUT2D eigenvalue weighted by molar-refractivity contribution is 14.1. The summed E-state index contributed by atoms with van der Waals surface area (Å²) in [7, 11) is -4.66. The molecule has 2 rings (SSSR count). The van der Waals surface area contributed by atoms with Crippen LogP contribution < -0.4 is 4.90 Å². The summed E-state index contributed by atoms with van der Waals surface area (Å²) in [6, 6.07) is 5.54. The summed E-state index contributed by atoms with van der Waals surface area (Å²) in [6.45, 7) is 1.76. The second kappa shape index (κ2) is 4.76. The van der Waals surface area contributed by atoms with Gasteiger partial charge >= 0.3 is 10.2 Å². The van der Waals surface area contributed by atoms with Gasteiger partial charge in [-0.25, -0.2) is 0 Å². The van der Waals surface area contributed by atoms with Gasteiger partial charge in [-0.05, 0) is 47.2 Å². The molecule has 1 atom stereocenters. The molecule has 1 aliphatic heterocycles. The first-order valence-electron chi connectivity index (χ1n) is 5.29.